The first-order valence-corrected chi connectivity index (χ1v) is 7.40. The van der Waals surface area contributed by atoms with E-state index in [1.807, 2.05) is 26.0 Å². The summed E-state index contributed by atoms with van der Waals surface area (Å²) in [5.41, 5.74) is 0.738. The summed E-state index contributed by atoms with van der Waals surface area (Å²) in [6.45, 7) is 4.29. The largest absolute Gasteiger partial charge is 0.278 e. The molecule has 0 aromatic heterocycles. The fraction of sp³-hybridized carbons (Fsp3) is 0.500. The molecule has 1 aromatic rings. The summed E-state index contributed by atoms with van der Waals surface area (Å²) in [4.78, 5) is 0. The van der Waals surface area contributed by atoms with Crippen LogP contribution in [0.3, 0.4) is 0 Å². The van der Waals surface area contributed by atoms with E-state index in [0.717, 1.165) is 9.87 Å². The lowest BCUT2D eigenvalue weighted by atomic mass is 9.85. The minimum atomic E-state index is -3.39. The van der Waals surface area contributed by atoms with Crippen LogP contribution in [-0.4, -0.2) is 33.4 Å². The average Bonchev–Trinajstić information content (AvgIpc) is 2.27. The molecular weight excluding hydrogens is 272 g/mol. The third-order valence-corrected chi connectivity index (χ3v) is 4.53. The van der Waals surface area contributed by atoms with E-state index in [9.17, 15) is 8.42 Å². The molecule has 0 aliphatic rings. The summed E-state index contributed by atoms with van der Waals surface area (Å²) in [5.74, 6) is 0. The Balaban J connectivity index is 2.80. The van der Waals surface area contributed by atoms with Crippen molar-refractivity contribution in [3.63, 3.8) is 0 Å². The Morgan fingerprint density at radius 3 is 2.17 bits per heavy atom. The summed E-state index contributed by atoms with van der Waals surface area (Å²) in [5, 5.41) is 0.670. The quantitative estimate of drug-likeness (QED) is 0.902. The van der Waals surface area contributed by atoms with Crippen LogP contribution in [0.25, 0.3) is 0 Å². The molecule has 0 amide bonds. The second-order valence-corrected chi connectivity index (χ2v) is 7.40. The van der Waals surface area contributed by atoms with Gasteiger partial charge in [-0.25, -0.2) is 4.72 Å². The van der Waals surface area contributed by atoms with Crippen molar-refractivity contribution in [1.29, 1.82) is 0 Å². The van der Waals surface area contributed by atoms with Gasteiger partial charge in [0.2, 0.25) is 0 Å². The van der Waals surface area contributed by atoms with E-state index in [1.165, 1.54) is 14.1 Å². The number of halogens is 1. The van der Waals surface area contributed by atoms with Crippen molar-refractivity contribution >= 4 is 21.8 Å². The first-order chi connectivity index (χ1) is 8.15. The second-order valence-electron chi connectivity index (χ2n) is 5.00. The minimum Gasteiger partial charge on any atom is -0.201 e. The molecule has 1 aromatic carbocycles. The number of nitrogens with one attached hydrogen (secondary N) is 1. The van der Waals surface area contributed by atoms with E-state index in [2.05, 4.69) is 4.72 Å². The van der Waals surface area contributed by atoms with Gasteiger partial charge in [-0.05, 0) is 17.7 Å². The molecule has 0 fully saturated rings. The number of nitrogens with zero attached hydrogens (tertiary/aromatic N) is 1. The Morgan fingerprint density at radius 1 is 1.22 bits per heavy atom. The maximum absolute atomic E-state index is 11.7. The lowest BCUT2D eigenvalue weighted by Crippen LogP contribution is -2.42. The summed E-state index contributed by atoms with van der Waals surface area (Å²) in [6, 6.07) is 7.43. The molecule has 0 aliphatic heterocycles. The summed E-state index contributed by atoms with van der Waals surface area (Å²) in [7, 11) is -0.395. The molecule has 18 heavy (non-hydrogen) atoms. The standard InChI is InChI=1S/C12H19ClN2O2S/c1-12(2,9-14-18(16,17)15(3)4)10-5-7-11(13)8-6-10/h5-8,14H,9H2,1-4H3. The molecule has 0 heterocycles. The van der Waals surface area contributed by atoms with Crippen molar-refractivity contribution in [3.05, 3.63) is 34.9 Å². The van der Waals surface area contributed by atoms with Gasteiger partial charge in [0.1, 0.15) is 0 Å². The summed E-state index contributed by atoms with van der Waals surface area (Å²) < 4.78 is 27.0. The molecule has 0 unspecified atom stereocenters. The zero-order valence-corrected chi connectivity index (χ0v) is 12.6. The topological polar surface area (TPSA) is 49.4 Å². The van der Waals surface area contributed by atoms with Gasteiger partial charge in [-0.15, -0.1) is 0 Å². The number of hydrogen-bond donors (Lipinski definition) is 1. The lowest BCUT2D eigenvalue weighted by molar-refractivity contribution is 0.469. The maximum atomic E-state index is 11.7. The van der Waals surface area contributed by atoms with E-state index < -0.39 is 10.2 Å². The highest BCUT2D eigenvalue weighted by atomic mass is 35.5. The van der Waals surface area contributed by atoms with Gasteiger partial charge in [0.25, 0.3) is 10.2 Å². The van der Waals surface area contributed by atoms with Crippen LogP contribution in [0.1, 0.15) is 19.4 Å². The van der Waals surface area contributed by atoms with Gasteiger partial charge in [-0.2, -0.15) is 12.7 Å². The monoisotopic (exact) mass is 290 g/mol. The highest BCUT2D eigenvalue weighted by molar-refractivity contribution is 7.87. The highest BCUT2D eigenvalue weighted by Crippen LogP contribution is 2.24. The van der Waals surface area contributed by atoms with E-state index in [-0.39, 0.29) is 5.41 Å². The molecule has 102 valence electrons. The second kappa shape index (κ2) is 5.57. The molecule has 0 aliphatic carbocycles. The minimum absolute atomic E-state index is 0.298. The van der Waals surface area contributed by atoms with Crippen LogP contribution < -0.4 is 4.72 Å². The van der Waals surface area contributed by atoms with Crippen LogP contribution >= 0.6 is 11.6 Å². The van der Waals surface area contributed by atoms with Gasteiger partial charge < -0.3 is 0 Å². The first-order valence-electron chi connectivity index (χ1n) is 5.58. The third kappa shape index (κ3) is 3.95. The number of hydrogen-bond acceptors (Lipinski definition) is 2. The van der Waals surface area contributed by atoms with Gasteiger partial charge in [0.15, 0.2) is 0 Å². The van der Waals surface area contributed by atoms with Gasteiger partial charge in [-0.1, -0.05) is 37.6 Å². The van der Waals surface area contributed by atoms with Crippen LogP contribution in [0.2, 0.25) is 5.02 Å². The van der Waals surface area contributed by atoms with Crippen molar-refractivity contribution < 1.29 is 8.42 Å². The van der Waals surface area contributed by atoms with Crippen LogP contribution in [0.15, 0.2) is 24.3 Å². The van der Waals surface area contributed by atoms with Gasteiger partial charge in [0.05, 0.1) is 0 Å². The van der Waals surface area contributed by atoms with Crippen LogP contribution in [0, 0.1) is 0 Å². The number of benzene rings is 1. The molecule has 6 heteroatoms. The fourth-order valence-electron chi connectivity index (χ4n) is 1.40. The molecule has 1 rings (SSSR count). The molecule has 0 bridgehead atoms. The van der Waals surface area contributed by atoms with E-state index in [4.69, 9.17) is 11.6 Å². The Kier molecular flexibility index (Phi) is 4.78. The van der Waals surface area contributed by atoms with E-state index in [1.54, 1.807) is 12.1 Å². The fourth-order valence-corrected chi connectivity index (χ4v) is 2.33. The SMILES string of the molecule is CN(C)S(=O)(=O)NCC(C)(C)c1ccc(Cl)cc1. The van der Waals surface area contributed by atoms with Gasteiger partial charge in [-0.3, -0.25) is 0 Å². The van der Waals surface area contributed by atoms with Crippen molar-refractivity contribution in [1.82, 2.24) is 9.03 Å². The summed E-state index contributed by atoms with van der Waals surface area (Å²) >= 11 is 5.83. The zero-order valence-electron chi connectivity index (χ0n) is 11.1. The van der Waals surface area contributed by atoms with E-state index in [0.29, 0.717) is 11.6 Å². The van der Waals surface area contributed by atoms with Gasteiger partial charge >= 0.3 is 0 Å². The number of rotatable bonds is 5. The Hall–Kier alpha value is -0.620. The van der Waals surface area contributed by atoms with Crippen molar-refractivity contribution in [2.24, 2.45) is 0 Å². The van der Waals surface area contributed by atoms with Crippen LogP contribution in [0.5, 0.6) is 0 Å². The van der Waals surface area contributed by atoms with Crippen LogP contribution in [-0.2, 0) is 15.6 Å². The third-order valence-electron chi connectivity index (χ3n) is 2.80. The maximum Gasteiger partial charge on any atom is 0.278 e. The van der Waals surface area contributed by atoms with Crippen molar-refractivity contribution in [2.45, 2.75) is 19.3 Å². The zero-order chi connectivity index (χ0) is 14.0. The molecule has 0 spiro atoms. The molecule has 0 atom stereocenters. The molecule has 0 saturated carbocycles. The van der Waals surface area contributed by atoms with Gasteiger partial charge in [0, 0.05) is 31.1 Å². The van der Waals surface area contributed by atoms with Crippen molar-refractivity contribution in [2.75, 3.05) is 20.6 Å². The normalized spacial score (nSPS) is 13.0. The smallest absolute Gasteiger partial charge is 0.201 e. The first kappa shape index (κ1) is 15.4. The lowest BCUT2D eigenvalue weighted by Gasteiger charge is -2.26. The Labute approximate surface area is 114 Å². The van der Waals surface area contributed by atoms with E-state index >= 15 is 0 Å². The highest BCUT2D eigenvalue weighted by Gasteiger charge is 2.24. The average molecular weight is 291 g/mol. The molecule has 4 nitrogen and oxygen atoms in total. The predicted octanol–water partition coefficient (Wildman–Crippen LogP) is 2.01. The summed E-state index contributed by atoms with van der Waals surface area (Å²) in [6.07, 6.45) is 0. The predicted molar refractivity (Wildman–Crippen MR) is 75.1 cm³/mol. The Morgan fingerprint density at radius 2 is 1.72 bits per heavy atom. The van der Waals surface area contributed by atoms with Crippen LogP contribution in [0.4, 0.5) is 0 Å². The molecule has 0 saturated heterocycles. The Bertz CT molecular complexity index is 495. The molecular formula is C12H19ClN2O2S. The molecule has 1 N–H and O–H groups in total. The van der Waals surface area contributed by atoms with Crippen molar-refractivity contribution in [3.8, 4) is 0 Å². The molecule has 0 radical (unpaired) electrons.